The van der Waals surface area contributed by atoms with E-state index in [9.17, 15) is 4.79 Å². The average molecular weight is 344 g/mol. The van der Waals surface area contributed by atoms with Crippen LogP contribution >= 0.6 is 0 Å². The van der Waals surface area contributed by atoms with E-state index < -0.39 is 5.41 Å². The number of carbonyl (C=O) groups is 1. The van der Waals surface area contributed by atoms with Gasteiger partial charge in [0.1, 0.15) is 17.6 Å². The van der Waals surface area contributed by atoms with Gasteiger partial charge in [-0.2, -0.15) is 5.26 Å². The van der Waals surface area contributed by atoms with Crippen molar-refractivity contribution < 1.29 is 9.21 Å². The number of rotatable bonds is 6. The van der Waals surface area contributed by atoms with Gasteiger partial charge in [-0.05, 0) is 43.2 Å². The van der Waals surface area contributed by atoms with Crippen molar-refractivity contribution in [3.05, 3.63) is 78.0 Å². The fraction of sp³-hybridized carbons (Fsp3) is 0.227. The summed E-state index contributed by atoms with van der Waals surface area (Å²) in [5.74, 6) is 1.00. The molecular weight excluding hydrogens is 324 g/mol. The zero-order valence-corrected chi connectivity index (χ0v) is 14.9. The molecule has 0 aliphatic carbocycles. The van der Waals surface area contributed by atoms with Crippen molar-refractivity contribution in [2.24, 2.45) is 0 Å². The molecule has 0 amide bonds. The summed E-state index contributed by atoms with van der Waals surface area (Å²) in [6, 6.07) is 15.5. The lowest BCUT2D eigenvalue weighted by Gasteiger charge is -2.24. The Hall–Kier alpha value is -3.19. The molecule has 0 spiro atoms. The van der Waals surface area contributed by atoms with Crippen molar-refractivity contribution in [2.45, 2.75) is 32.1 Å². The molecule has 0 fully saturated rings. The van der Waals surface area contributed by atoms with E-state index in [1.807, 2.05) is 56.3 Å². The lowest BCUT2D eigenvalue weighted by molar-refractivity contribution is -0.123. The van der Waals surface area contributed by atoms with E-state index in [1.54, 1.807) is 18.7 Å². The summed E-state index contributed by atoms with van der Waals surface area (Å²) < 4.78 is 5.30. The molecule has 1 aromatic carbocycles. The van der Waals surface area contributed by atoms with Crippen LogP contribution in [-0.2, 0) is 16.6 Å². The molecule has 0 radical (unpaired) electrons. The molecule has 26 heavy (non-hydrogen) atoms. The quantitative estimate of drug-likeness (QED) is 0.650. The second kappa shape index (κ2) is 7.37. The minimum atomic E-state index is -0.572. The summed E-state index contributed by atoms with van der Waals surface area (Å²) in [7, 11) is 0. The van der Waals surface area contributed by atoms with Crippen LogP contribution in [0.1, 0.15) is 37.2 Å². The molecule has 0 N–H and O–H groups in total. The standard InChI is InChI=1S/C22H20N2O2/c1-22(2,21(25)10-9-20-4-3-11-26-20)19-7-5-17(6-8-19)18-12-16(13-23)14-24-15-18/h3-8,11-12,14-15H,9-10H2,1-2H3. The van der Waals surface area contributed by atoms with Crippen LogP contribution in [0.4, 0.5) is 0 Å². The molecule has 0 atom stereocenters. The Balaban J connectivity index is 1.75. The monoisotopic (exact) mass is 344 g/mol. The van der Waals surface area contributed by atoms with Crippen molar-refractivity contribution >= 4 is 5.78 Å². The highest BCUT2D eigenvalue weighted by atomic mass is 16.3. The van der Waals surface area contributed by atoms with Crippen molar-refractivity contribution in [3.63, 3.8) is 0 Å². The minimum Gasteiger partial charge on any atom is -0.469 e. The Morgan fingerprint density at radius 3 is 2.58 bits per heavy atom. The molecule has 0 saturated heterocycles. The third-order valence-corrected chi connectivity index (χ3v) is 4.68. The van der Waals surface area contributed by atoms with E-state index in [1.165, 1.54) is 0 Å². The van der Waals surface area contributed by atoms with Gasteiger partial charge in [0.25, 0.3) is 0 Å². The number of Topliss-reactive ketones (excluding diaryl/α,β-unsaturated/α-hetero) is 1. The van der Waals surface area contributed by atoms with Crippen LogP contribution < -0.4 is 0 Å². The largest absolute Gasteiger partial charge is 0.469 e. The zero-order valence-electron chi connectivity index (χ0n) is 14.9. The maximum atomic E-state index is 12.7. The lowest BCUT2D eigenvalue weighted by Crippen LogP contribution is -2.29. The third-order valence-electron chi connectivity index (χ3n) is 4.68. The first-order valence-electron chi connectivity index (χ1n) is 8.52. The minimum absolute atomic E-state index is 0.176. The molecule has 0 aliphatic rings. The summed E-state index contributed by atoms with van der Waals surface area (Å²) in [6.07, 6.45) is 5.95. The van der Waals surface area contributed by atoms with Gasteiger partial charge in [-0.1, -0.05) is 24.3 Å². The van der Waals surface area contributed by atoms with Crippen LogP contribution in [0.25, 0.3) is 11.1 Å². The number of hydrogen-bond donors (Lipinski definition) is 0. The number of hydrogen-bond acceptors (Lipinski definition) is 4. The molecule has 2 heterocycles. The van der Waals surface area contributed by atoms with Crippen LogP contribution in [0.3, 0.4) is 0 Å². The molecule has 2 aromatic heterocycles. The highest BCUT2D eigenvalue weighted by Gasteiger charge is 2.29. The topological polar surface area (TPSA) is 66.9 Å². The fourth-order valence-electron chi connectivity index (χ4n) is 2.90. The fourth-order valence-corrected chi connectivity index (χ4v) is 2.90. The van der Waals surface area contributed by atoms with Crippen molar-refractivity contribution in [3.8, 4) is 17.2 Å². The van der Waals surface area contributed by atoms with Gasteiger partial charge in [0.05, 0.1) is 11.8 Å². The summed E-state index contributed by atoms with van der Waals surface area (Å²) in [6.45, 7) is 3.90. The van der Waals surface area contributed by atoms with Gasteiger partial charge >= 0.3 is 0 Å². The SMILES string of the molecule is CC(C)(C(=O)CCc1ccco1)c1ccc(-c2cncc(C#N)c2)cc1. The van der Waals surface area contributed by atoms with E-state index in [0.29, 0.717) is 18.4 Å². The Morgan fingerprint density at radius 1 is 1.15 bits per heavy atom. The number of ketones is 1. The summed E-state index contributed by atoms with van der Waals surface area (Å²) in [5, 5.41) is 9.01. The van der Waals surface area contributed by atoms with Crippen molar-refractivity contribution in [1.82, 2.24) is 4.98 Å². The molecule has 4 nitrogen and oxygen atoms in total. The van der Waals surface area contributed by atoms with Crippen LogP contribution in [0.2, 0.25) is 0 Å². The molecule has 4 heteroatoms. The van der Waals surface area contributed by atoms with Gasteiger partial charge in [0, 0.05) is 36.2 Å². The zero-order chi connectivity index (χ0) is 18.6. The maximum Gasteiger partial charge on any atom is 0.143 e. The molecule has 3 aromatic rings. The van der Waals surface area contributed by atoms with Gasteiger partial charge in [-0.25, -0.2) is 0 Å². The molecule has 130 valence electrons. The smallest absolute Gasteiger partial charge is 0.143 e. The molecule has 0 aliphatic heterocycles. The normalized spacial score (nSPS) is 11.1. The first-order valence-corrected chi connectivity index (χ1v) is 8.52. The lowest BCUT2D eigenvalue weighted by atomic mass is 9.78. The Kier molecular flexibility index (Phi) is 4.99. The highest BCUT2D eigenvalue weighted by molar-refractivity contribution is 5.89. The summed E-state index contributed by atoms with van der Waals surface area (Å²) in [4.78, 5) is 16.8. The first-order chi connectivity index (χ1) is 12.5. The number of pyridine rings is 1. The van der Waals surface area contributed by atoms with Crippen LogP contribution in [0, 0.1) is 11.3 Å². The number of furan rings is 1. The van der Waals surface area contributed by atoms with Crippen LogP contribution in [0.5, 0.6) is 0 Å². The van der Waals surface area contributed by atoms with E-state index in [2.05, 4.69) is 11.1 Å². The Bertz CT molecular complexity index is 933. The molecule has 0 unspecified atom stereocenters. The van der Waals surface area contributed by atoms with E-state index >= 15 is 0 Å². The van der Waals surface area contributed by atoms with Crippen LogP contribution in [-0.4, -0.2) is 10.8 Å². The summed E-state index contributed by atoms with van der Waals surface area (Å²) in [5.41, 5.74) is 2.78. The molecule has 0 saturated carbocycles. The number of carbonyl (C=O) groups excluding carboxylic acids is 1. The Labute approximate surface area is 153 Å². The second-order valence-electron chi connectivity index (χ2n) is 6.78. The Morgan fingerprint density at radius 2 is 1.92 bits per heavy atom. The molecule has 3 rings (SSSR count). The maximum absolute atomic E-state index is 12.7. The van der Waals surface area contributed by atoms with Gasteiger partial charge in [-0.15, -0.1) is 0 Å². The van der Waals surface area contributed by atoms with E-state index in [-0.39, 0.29) is 5.78 Å². The third kappa shape index (κ3) is 3.73. The van der Waals surface area contributed by atoms with Gasteiger partial charge in [0.2, 0.25) is 0 Å². The summed E-state index contributed by atoms with van der Waals surface area (Å²) >= 11 is 0. The second-order valence-corrected chi connectivity index (χ2v) is 6.78. The first kappa shape index (κ1) is 17.6. The average Bonchev–Trinajstić information content (AvgIpc) is 3.19. The number of nitrogens with zero attached hydrogens (tertiary/aromatic N) is 2. The van der Waals surface area contributed by atoms with Crippen molar-refractivity contribution in [1.29, 1.82) is 5.26 Å². The predicted octanol–water partition coefficient (Wildman–Crippen LogP) is 4.69. The molecule has 0 bridgehead atoms. The van der Waals surface area contributed by atoms with Crippen molar-refractivity contribution in [2.75, 3.05) is 0 Å². The molecular formula is C22H20N2O2. The number of benzene rings is 1. The van der Waals surface area contributed by atoms with Crippen LogP contribution in [0.15, 0.2) is 65.5 Å². The van der Waals surface area contributed by atoms with E-state index in [4.69, 9.17) is 9.68 Å². The van der Waals surface area contributed by atoms with Gasteiger partial charge in [-0.3, -0.25) is 9.78 Å². The van der Waals surface area contributed by atoms with E-state index in [0.717, 1.165) is 22.5 Å². The number of aromatic nitrogens is 1. The highest BCUT2D eigenvalue weighted by Crippen LogP contribution is 2.29. The number of aryl methyl sites for hydroxylation is 1. The number of nitriles is 1. The predicted molar refractivity (Wildman–Crippen MR) is 99.5 cm³/mol. The van der Waals surface area contributed by atoms with Gasteiger partial charge in [0.15, 0.2) is 0 Å². The van der Waals surface area contributed by atoms with Gasteiger partial charge < -0.3 is 4.42 Å².